The van der Waals surface area contributed by atoms with Crippen LogP contribution in [0.4, 0.5) is 4.39 Å². The molecule has 2 saturated heterocycles. The van der Waals surface area contributed by atoms with Gasteiger partial charge in [-0.25, -0.2) is 4.39 Å². The normalized spacial score (nSPS) is 25.0. The molecule has 114 valence electrons. The van der Waals surface area contributed by atoms with E-state index in [1.807, 2.05) is 0 Å². The topological polar surface area (TPSA) is 35.6 Å². The van der Waals surface area contributed by atoms with Gasteiger partial charge < -0.3 is 10.2 Å². The van der Waals surface area contributed by atoms with Crippen LogP contribution >= 0.6 is 0 Å². The lowest BCUT2D eigenvalue weighted by molar-refractivity contribution is -0.131. The highest BCUT2D eigenvalue weighted by atomic mass is 19.1. The second-order valence-electron chi connectivity index (χ2n) is 6.21. The van der Waals surface area contributed by atoms with Crippen LogP contribution in [0.1, 0.15) is 5.56 Å². The van der Waals surface area contributed by atoms with Crippen LogP contribution in [0, 0.1) is 17.7 Å². The fraction of sp³-hybridized carbons (Fsp3) is 0.562. The Bertz CT molecular complexity index is 510. The standard InChI is InChI=1S/C16H22FN3O/c1-19(8-12-4-2-3-5-15(12)17)16(21)11-20-9-13-6-18-7-14(13)10-20/h2-5,13-14,18H,6-11H2,1H3/t13-,14+. The minimum Gasteiger partial charge on any atom is -0.340 e. The Kier molecular flexibility index (Phi) is 4.22. The molecule has 1 N–H and O–H groups in total. The molecule has 1 aromatic rings. The quantitative estimate of drug-likeness (QED) is 0.896. The van der Waals surface area contributed by atoms with E-state index in [0.29, 0.717) is 30.5 Å². The van der Waals surface area contributed by atoms with Gasteiger partial charge in [0.2, 0.25) is 5.91 Å². The van der Waals surface area contributed by atoms with E-state index in [2.05, 4.69) is 10.2 Å². The number of rotatable bonds is 4. The Labute approximate surface area is 124 Å². The Balaban J connectivity index is 1.52. The van der Waals surface area contributed by atoms with Crippen molar-refractivity contribution in [2.45, 2.75) is 6.54 Å². The fourth-order valence-electron chi connectivity index (χ4n) is 3.36. The van der Waals surface area contributed by atoms with Crippen LogP contribution in [0.5, 0.6) is 0 Å². The van der Waals surface area contributed by atoms with Crippen molar-refractivity contribution in [3.8, 4) is 0 Å². The third-order valence-electron chi connectivity index (χ3n) is 4.62. The maximum absolute atomic E-state index is 13.6. The molecule has 3 rings (SSSR count). The van der Waals surface area contributed by atoms with Gasteiger partial charge in [0.1, 0.15) is 5.82 Å². The third kappa shape index (κ3) is 3.24. The van der Waals surface area contributed by atoms with Crippen molar-refractivity contribution in [3.05, 3.63) is 35.6 Å². The predicted molar refractivity (Wildman–Crippen MR) is 79.2 cm³/mol. The molecule has 4 nitrogen and oxygen atoms in total. The summed E-state index contributed by atoms with van der Waals surface area (Å²) in [5, 5.41) is 3.40. The first-order chi connectivity index (χ1) is 10.1. The minimum absolute atomic E-state index is 0.0613. The van der Waals surface area contributed by atoms with Crippen molar-refractivity contribution in [2.75, 3.05) is 39.8 Å². The molecule has 2 heterocycles. The van der Waals surface area contributed by atoms with Crippen molar-refractivity contribution in [2.24, 2.45) is 11.8 Å². The van der Waals surface area contributed by atoms with E-state index in [-0.39, 0.29) is 11.7 Å². The predicted octanol–water partition coefficient (Wildman–Crippen LogP) is 0.935. The summed E-state index contributed by atoms with van der Waals surface area (Å²) in [6.45, 7) is 4.90. The van der Waals surface area contributed by atoms with Crippen molar-refractivity contribution >= 4 is 5.91 Å². The van der Waals surface area contributed by atoms with Gasteiger partial charge in [0.15, 0.2) is 0 Å². The molecule has 1 amide bonds. The first-order valence-electron chi connectivity index (χ1n) is 7.54. The molecule has 0 bridgehead atoms. The minimum atomic E-state index is -0.251. The number of fused-ring (bicyclic) bond motifs is 1. The number of amides is 1. The number of carbonyl (C=O) groups excluding carboxylic acids is 1. The van der Waals surface area contributed by atoms with Gasteiger partial charge >= 0.3 is 0 Å². The molecule has 0 saturated carbocycles. The van der Waals surface area contributed by atoms with Gasteiger partial charge in [-0.15, -0.1) is 0 Å². The second-order valence-corrected chi connectivity index (χ2v) is 6.21. The molecule has 1 aromatic carbocycles. The smallest absolute Gasteiger partial charge is 0.236 e. The van der Waals surface area contributed by atoms with E-state index in [4.69, 9.17) is 0 Å². The summed E-state index contributed by atoms with van der Waals surface area (Å²) in [6.07, 6.45) is 0. The summed E-state index contributed by atoms with van der Waals surface area (Å²) in [5.74, 6) is 1.19. The Hall–Kier alpha value is -1.46. The van der Waals surface area contributed by atoms with E-state index in [1.165, 1.54) is 6.07 Å². The fourth-order valence-corrected chi connectivity index (χ4v) is 3.36. The largest absolute Gasteiger partial charge is 0.340 e. The lowest BCUT2D eigenvalue weighted by Crippen LogP contribution is -2.38. The lowest BCUT2D eigenvalue weighted by Gasteiger charge is -2.22. The summed E-state index contributed by atoms with van der Waals surface area (Å²) in [7, 11) is 1.74. The highest BCUT2D eigenvalue weighted by Gasteiger charge is 2.36. The van der Waals surface area contributed by atoms with E-state index in [1.54, 1.807) is 30.1 Å². The van der Waals surface area contributed by atoms with Gasteiger partial charge in [-0.1, -0.05) is 18.2 Å². The van der Waals surface area contributed by atoms with E-state index < -0.39 is 0 Å². The van der Waals surface area contributed by atoms with Crippen LogP contribution in [-0.2, 0) is 11.3 Å². The van der Waals surface area contributed by atoms with Crippen LogP contribution < -0.4 is 5.32 Å². The van der Waals surface area contributed by atoms with E-state index >= 15 is 0 Å². The van der Waals surface area contributed by atoms with Crippen molar-refractivity contribution in [3.63, 3.8) is 0 Å². The van der Waals surface area contributed by atoms with Crippen LogP contribution in [0.2, 0.25) is 0 Å². The highest BCUT2D eigenvalue weighted by molar-refractivity contribution is 5.78. The summed E-state index contributed by atoms with van der Waals surface area (Å²) in [6, 6.07) is 6.62. The van der Waals surface area contributed by atoms with Gasteiger partial charge in [-0.05, 0) is 31.0 Å². The Morgan fingerprint density at radius 3 is 2.67 bits per heavy atom. The van der Waals surface area contributed by atoms with E-state index in [0.717, 1.165) is 26.2 Å². The number of likely N-dealkylation sites (N-methyl/N-ethyl adjacent to an activating group) is 1. The van der Waals surface area contributed by atoms with Gasteiger partial charge in [0, 0.05) is 32.2 Å². The number of halogens is 1. The maximum Gasteiger partial charge on any atom is 0.236 e. The Morgan fingerprint density at radius 2 is 2.00 bits per heavy atom. The first kappa shape index (κ1) is 14.5. The molecule has 2 atom stereocenters. The molecular weight excluding hydrogens is 269 g/mol. The zero-order valence-electron chi connectivity index (χ0n) is 12.4. The molecule has 2 aliphatic heterocycles. The molecule has 5 heteroatoms. The zero-order chi connectivity index (χ0) is 14.8. The SMILES string of the molecule is CN(Cc1ccccc1F)C(=O)CN1C[C@H]2CNC[C@H]2C1. The number of hydrogen-bond acceptors (Lipinski definition) is 3. The highest BCUT2D eigenvalue weighted by Crippen LogP contribution is 2.26. The van der Waals surface area contributed by atoms with E-state index in [9.17, 15) is 9.18 Å². The number of nitrogens with zero attached hydrogens (tertiary/aromatic N) is 2. The average molecular weight is 291 g/mol. The van der Waals surface area contributed by atoms with Crippen molar-refractivity contribution in [1.82, 2.24) is 15.1 Å². The summed E-state index contributed by atoms with van der Waals surface area (Å²) in [4.78, 5) is 16.1. The van der Waals surface area contributed by atoms with Crippen LogP contribution in [-0.4, -0.2) is 55.5 Å². The molecule has 0 unspecified atom stereocenters. The summed E-state index contributed by atoms with van der Waals surface area (Å²) < 4.78 is 13.6. The number of carbonyl (C=O) groups is 1. The van der Waals surface area contributed by atoms with Gasteiger partial charge in [-0.2, -0.15) is 0 Å². The lowest BCUT2D eigenvalue weighted by atomic mass is 10.0. The number of hydrogen-bond donors (Lipinski definition) is 1. The molecule has 0 aliphatic carbocycles. The summed E-state index contributed by atoms with van der Waals surface area (Å²) >= 11 is 0. The molecule has 0 aromatic heterocycles. The maximum atomic E-state index is 13.6. The molecule has 0 spiro atoms. The van der Waals surface area contributed by atoms with Crippen molar-refractivity contribution in [1.29, 1.82) is 0 Å². The van der Waals surface area contributed by atoms with Gasteiger partial charge in [0.05, 0.1) is 6.54 Å². The number of benzene rings is 1. The average Bonchev–Trinajstić information content (AvgIpc) is 3.02. The first-order valence-corrected chi connectivity index (χ1v) is 7.54. The summed E-state index contributed by atoms with van der Waals surface area (Å²) in [5.41, 5.74) is 0.566. The van der Waals surface area contributed by atoms with Crippen LogP contribution in [0.3, 0.4) is 0 Å². The zero-order valence-corrected chi connectivity index (χ0v) is 12.4. The third-order valence-corrected chi connectivity index (χ3v) is 4.62. The van der Waals surface area contributed by atoms with Crippen LogP contribution in [0.25, 0.3) is 0 Å². The molecule has 0 radical (unpaired) electrons. The Morgan fingerprint density at radius 1 is 1.33 bits per heavy atom. The van der Waals surface area contributed by atoms with Gasteiger partial charge in [-0.3, -0.25) is 9.69 Å². The van der Waals surface area contributed by atoms with Gasteiger partial charge in [0.25, 0.3) is 0 Å². The molecule has 2 fully saturated rings. The molecule has 2 aliphatic rings. The van der Waals surface area contributed by atoms with Crippen molar-refractivity contribution < 1.29 is 9.18 Å². The molecule has 21 heavy (non-hydrogen) atoms. The number of nitrogens with one attached hydrogen (secondary N) is 1. The van der Waals surface area contributed by atoms with Crippen LogP contribution in [0.15, 0.2) is 24.3 Å². The second kappa shape index (κ2) is 6.12. The number of likely N-dealkylation sites (tertiary alicyclic amines) is 1. The molecular formula is C16H22FN3O. The monoisotopic (exact) mass is 291 g/mol.